The van der Waals surface area contributed by atoms with Gasteiger partial charge < -0.3 is 9.32 Å². The molecule has 0 aliphatic rings. The van der Waals surface area contributed by atoms with Crippen LogP contribution in [0.2, 0.25) is 0 Å². The molecule has 2 rings (SSSR count). The van der Waals surface area contributed by atoms with Crippen LogP contribution in [0.15, 0.2) is 52.1 Å². The molecule has 0 fully saturated rings. The van der Waals surface area contributed by atoms with Crippen molar-refractivity contribution in [2.75, 3.05) is 13.6 Å². The molecule has 5 nitrogen and oxygen atoms in total. The Morgan fingerprint density at radius 2 is 2.00 bits per heavy atom. The molecular weight excluding hydrogens is 244 g/mol. The monoisotopic (exact) mass is 258 g/mol. The van der Waals surface area contributed by atoms with E-state index in [9.17, 15) is 9.59 Å². The molecule has 0 N–H and O–H groups in total. The molecule has 2 heterocycles. The largest absolute Gasteiger partial charge is 0.430 e. The molecule has 0 bridgehead atoms. The third-order valence-corrected chi connectivity index (χ3v) is 2.78. The van der Waals surface area contributed by atoms with Crippen LogP contribution >= 0.6 is 0 Å². The van der Waals surface area contributed by atoms with Crippen molar-refractivity contribution in [3.63, 3.8) is 0 Å². The Hall–Kier alpha value is -2.43. The summed E-state index contributed by atoms with van der Waals surface area (Å²) in [5, 5.41) is 0. The highest BCUT2D eigenvalue weighted by atomic mass is 16.4. The van der Waals surface area contributed by atoms with E-state index < -0.39 is 5.63 Å². The van der Waals surface area contributed by atoms with Crippen molar-refractivity contribution in [3.8, 4) is 0 Å². The fraction of sp³-hybridized carbons (Fsp3) is 0.214. The van der Waals surface area contributed by atoms with Crippen LogP contribution in [0.5, 0.6) is 0 Å². The summed E-state index contributed by atoms with van der Waals surface area (Å²) in [7, 11) is 1.72. The van der Waals surface area contributed by atoms with Crippen LogP contribution < -0.4 is 5.63 Å². The molecule has 0 aliphatic carbocycles. The summed E-state index contributed by atoms with van der Waals surface area (Å²) in [5.74, 6) is -0.169. The molecule has 98 valence electrons. The molecule has 1 amide bonds. The van der Waals surface area contributed by atoms with Crippen molar-refractivity contribution in [2.24, 2.45) is 0 Å². The molecule has 0 saturated heterocycles. The Labute approximate surface area is 110 Å². The number of rotatable bonds is 4. The van der Waals surface area contributed by atoms with Gasteiger partial charge in [-0.05, 0) is 30.2 Å². The number of hydrogen-bond acceptors (Lipinski definition) is 4. The number of nitrogens with zero attached hydrogens (tertiary/aromatic N) is 2. The molecule has 0 radical (unpaired) electrons. The van der Waals surface area contributed by atoms with Crippen molar-refractivity contribution < 1.29 is 9.21 Å². The van der Waals surface area contributed by atoms with Gasteiger partial charge in [0.25, 0.3) is 5.91 Å². The molecule has 0 saturated carbocycles. The lowest BCUT2D eigenvalue weighted by Crippen LogP contribution is -2.29. The summed E-state index contributed by atoms with van der Waals surface area (Å²) in [5.41, 5.74) is 1.03. The minimum absolute atomic E-state index is 0.169. The molecule has 2 aromatic rings. The van der Waals surface area contributed by atoms with Crippen LogP contribution in [0, 0.1) is 0 Å². The zero-order valence-corrected chi connectivity index (χ0v) is 10.6. The lowest BCUT2D eigenvalue weighted by molar-refractivity contribution is 0.0794. The third kappa shape index (κ3) is 3.51. The van der Waals surface area contributed by atoms with E-state index in [2.05, 4.69) is 9.40 Å². The average Bonchev–Trinajstić information content (AvgIpc) is 2.46. The second-order valence-electron chi connectivity index (χ2n) is 4.18. The number of hydrogen-bond donors (Lipinski definition) is 0. The van der Waals surface area contributed by atoms with Crippen molar-refractivity contribution >= 4 is 5.91 Å². The number of carbonyl (C=O) groups is 1. The maximum absolute atomic E-state index is 12.0. The SMILES string of the molecule is CN(CCc1ccncc1)C(=O)c1ccc(=O)oc1. The highest BCUT2D eigenvalue weighted by molar-refractivity contribution is 5.93. The topological polar surface area (TPSA) is 63.4 Å². The van der Waals surface area contributed by atoms with E-state index in [1.54, 1.807) is 24.3 Å². The van der Waals surface area contributed by atoms with E-state index >= 15 is 0 Å². The maximum atomic E-state index is 12.0. The molecule has 0 spiro atoms. The summed E-state index contributed by atoms with van der Waals surface area (Å²) >= 11 is 0. The quantitative estimate of drug-likeness (QED) is 0.830. The van der Waals surface area contributed by atoms with Crippen LogP contribution in [0.1, 0.15) is 15.9 Å². The minimum Gasteiger partial charge on any atom is -0.430 e. The number of pyridine rings is 1. The first-order chi connectivity index (χ1) is 9.16. The number of likely N-dealkylation sites (N-methyl/N-ethyl adjacent to an activating group) is 1. The van der Waals surface area contributed by atoms with Gasteiger partial charge in [0.05, 0.1) is 5.56 Å². The fourth-order valence-electron chi connectivity index (χ4n) is 1.65. The van der Waals surface area contributed by atoms with Gasteiger partial charge in [0.15, 0.2) is 0 Å². The molecule has 0 atom stereocenters. The first-order valence-electron chi connectivity index (χ1n) is 5.90. The molecule has 0 aliphatic heterocycles. The van der Waals surface area contributed by atoms with Gasteiger partial charge in [0.2, 0.25) is 0 Å². The van der Waals surface area contributed by atoms with Gasteiger partial charge in [-0.1, -0.05) is 0 Å². The number of aromatic nitrogens is 1. The lowest BCUT2D eigenvalue weighted by atomic mass is 10.2. The van der Waals surface area contributed by atoms with E-state index in [0.29, 0.717) is 12.1 Å². The van der Waals surface area contributed by atoms with Crippen molar-refractivity contribution in [1.82, 2.24) is 9.88 Å². The van der Waals surface area contributed by atoms with Gasteiger partial charge in [-0.2, -0.15) is 0 Å². The van der Waals surface area contributed by atoms with E-state index in [1.165, 1.54) is 18.4 Å². The second-order valence-corrected chi connectivity index (χ2v) is 4.18. The number of amides is 1. The molecule has 5 heteroatoms. The first-order valence-corrected chi connectivity index (χ1v) is 5.90. The van der Waals surface area contributed by atoms with Gasteiger partial charge in [-0.3, -0.25) is 9.78 Å². The molecule has 2 aromatic heterocycles. The van der Waals surface area contributed by atoms with Crippen LogP contribution in [0.3, 0.4) is 0 Å². The van der Waals surface area contributed by atoms with E-state index in [-0.39, 0.29) is 5.91 Å². The minimum atomic E-state index is -0.462. The molecule has 0 aromatic carbocycles. The summed E-state index contributed by atoms with van der Waals surface area (Å²) in [6, 6.07) is 6.54. The Balaban J connectivity index is 1.96. The third-order valence-electron chi connectivity index (χ3n) is 2.78. The highest BCUT2D eigenvalue weighted by Crippen LogP contribution is 2.04. The smallest absolute Gasteiger partial charge is 0.335 e. The molecule has 0 unspecified atom stereocenters. The summed E-state index contributed by atoms with van der Waals surface area (Å²) in [6.07, 6.45) is 5.39. The summed E-state index contributed by atoms with van der Waals surface area (Å²) in [6.45, 7) is 0.585. The van der Waals surface area contributed by atoms with Gasteiger partial charge >= 0.3 is 5.63 Å². The van der Waals surface area contributed by atoms with Crippen molar-refractivity contribution in [1.29, 1.82) is 0 Å². The van der Waals surface area contributed by atoms with Crippen LogP contribution in [-0.4, -0.2) is 29.4 Å². The Bertz CT molecular complexity index is 587. The van der Waals surface area contributed by atoms with E-state index in [4.69, 9.17) is 0 Å². The van der Waals surface area contributed by atoms with E-state index in [1.807, 2.05) is 12.1 Å². The van der Waals surface area contributed by atoms with E-state index in [0.717, 1.165) is 12.0 Å². The van der Waals surface area contributed by atoms with Gasteiger partial charge in [0, 0.05) is 32.1 Å². The molecular formula is C14H14N2O3. The predicted octanol–water partition coefficient (Wildman–Crippen LogP) is 1.35. The van der Waals surface area contributed by atoms with Crippen LogP contribution in [0.4, 0.5) is 0 Å². The van der Waals surface area contributed by atoms with Crippen LogP contribution in [0.25, 0.3) is 0 Å². The standard InChI is InChI=1S/C14H14N2O3/c1-16(9-6-11-4-7-15-8-5-11)14(18)12-2-3-13(17)19-10-12/h2-5,7-8,10H,6,9H2,1H3. The van der Waals surface area contributed by atoms with Gasteiger partial charge in [-0.15, -0.1) is 0 Å². The highest BCUT2D eigenvalue weighted by Gasteiger charge is 2.12. The number of carbonyl (C=O) groups excluding carboxylic acids is 1. The Kier molecular flexibility index (Phi) is 4.07. The second kappa shape index (κ2) is 5.95. The Morgan fingerprint density at radius 1 is 1.26 bits per heavy atom. The normalized spacial score (nSPS) is 10.2. The van der Waals surface area contributed by atoms with Crippen molar-refractivity contribution in [3.05, 3.63) is 64.5 Å². The predicted molar refractivity (Wildman–Crippen MR) is 69.9 cm³/mol. The van der Waals surface area contributed by atoms with Gasteiger partial charge in [-0.25, -0.2) is 4.79 Å². The maximum Gasteiger partial charge on any atom is 0.335 e. The van der Waals surface area contributed by atoms with Crippen LogP contribution in [-0.2, 0) is 6.42 Å². The van der Waals surface area contributed by atoms with Gasteiger partial charge in [0.1, 0.15) is 6.26 Å². The zero-order valence-electron chi connectivity index (χ0n) is 10.6. The lowest BCUT2D eigenvalue weighted by Gasteiger charge is -2.16. The first kappa shape index (κ1) is 13.0. The fourth-order valence-corrected chi connectivity index (χ4v) is 1.65. The summed E-state index contributed by atoms with van der Waals surface area (Å²) in [4.78, 5) is 28.4. The Morgan fingerprint density at radius 3 is 2.63 bits per heavy atom. The zero-order chi connectivity index (χ0) is 13.7. The van der Waals surface area contributed by atoms with Crippen molar-refractivity contribution in [2.45, 2.75) is 6.42 Å². The molecule has 19 heavy (non-hydrogen) atoms. The summed E-state index contributed by atoms with van der Waals surface area (Å²) < 4.78 is 4.68. The average molecular weight is 258 g/mol.